The van der Waals surface area contributed by atoms with Crippen LogP contribution in [0.1, 0.15) is 33.8 Å². The molecule has 3 rings (SSSR count). The van der Waals surface area contributed by atoms with Crippen molar-refractivity contribution in [2.24, 2.45) is 0 Å². The summed E-state index contributed by atoms with van der Waals surface area (Å²) in [5.74, 6) is 0. The molecule has 76 valence electrons. The van der Waals surface area contributed by atoms with Gasteiger partial charge < -0.3 is 0 Å². The average Bonchev–Trinajstić information content (AvgIpc) is 2.67. The van der Waals surface area contributed by atoms with Crippen LogP contribution < -0.4 is 0 Å². The topological polar surface area (TPSA) is 30.0 Å². The highest BCUT2D eigenvalue weighted by Gasteiger charge is 2.13. The number of nitrogens with zero attached hydrogens (tertiary/aromatic N) is 1. The number of carbonyl (C=O) groups excluding carboxylic acids is 1. The lowest BCUT2D eigenvalue weighted by Gasteiger charge is -2.13. The van der Waals surface area contributed by atoms with Crippen molar-refractivity contribution < 1.29 is 4.79 Å². The van der Waals surface area contributed by atoms with Crippen molar-refractivity contribution in [1.29, 1.82) is 0 Å². The molecule has 0 N–H and O–H groups in total. The molecule has 0 saturated carbocycles. The Hall–Kier alpha value is -1.22. The summed E-state index contributed by atoms with van der Waals surface area (Å²) in [6.45, 7) is 0. The SMILES string of the molecule is O=Cc1cc2cc3c(nc2s1)CCCC3. The van der Waals surface area contributed by atoms with Gasteiger partial charge in [-0.15, -0.1) is 11.3 Å². The summed E-state index contributed by atoms with van der Waals surface area (Å²) in [7, 11) is 0. The van der Waals surface area contributed by atoms with E-state index in [4.69, 9.17) is 0 Å². The number of aromatic nitrogens is 1. The van der Waals surface area contributed by atoms with Crippen molar-refractivity contribution >= 4 is 27.8 Å². The first-order valence-electron chi connectivity index (χ1n) is 5.24. The summed E-state index contributed by atoms with van der Waals surface area (Å²) in [5.41, 5.74) is 2.62. The van der Waals surface area contributed by atoms with Gasteiger partial charge in [0.25, 0.3) is 0 Å². The number of hydrogen-bond donors (Lipinski definition) is 0. The van der Waals surface area contributed by atoms with Gasteiger partial charge in [0.2, 0.25) is 0 Å². The van der Waals surface area contributed by atoms with E-state index in [-0.39, 0.29) is 0 Å². The lowest BCUT2D eigenvalue weighted by Crippen LogP contribution is -2.04. The Bertz CT molecular complexity index is 487. The Morgan fingerprint density at radius 2 is 2.13 bits per heavy atom. The van der Waals surface area contributed by atoms with Gasteiger partial charge in [0.15, 0.2) is 6.29 Å². The Morgan fingerprint density at radius 3 is 3.00 bits per heavy atom. The maximum absolute atomic E-state index is 10.7. The highest BCUT2D eigenvalue weighted by molar-refractivity contribution is 7.20. The third-order valence-electron chi connectivity index (χ3n) is 2.92. The number of hydrogen-bond acceptors (Lipinski definition) is 3. The fraction of sp³-hybridized carbons (Fsp3) is 0.333. The summed E-state index contributed by atoms with van der Waals surface area (Å²) in [4.78, 5) is 17.1. The van der Waals surface area contributed by atoms with Crippen LogP contribution >= 0.6 is 11.3 Å². The number of aryl methyl sites for hydroxylation is 2. The molecule has 0 aromatic carbocycles. The monoisotopic (exact) mass is 217 g/mol. The van der Waals surface area contributed by atoms with E-state index in [2.05, 4.69) is 11.1 Å². The molecule has 0 saturated heterocycles. The van der Waals surface area contributed by atoms with Gasteiger partial charge >= 0.3 is 0 Å². The predicted octanol–water partition coefficient (Wildman–Crippen LogP) is 2.99. The number of aldehydes is 1. The Labute approximate surface area is 92.0 Å². The molecule has 0 amide bonds. The Morgan fingerprint density at radius 1 is 1.27 bits per heavy atom. The second-order valence-corrected chi connectivity index (χ2v) is 5.02. The molecule has 2 heterocycles. The smallest absolute Gasteiger partial charge is 0.160 e. The lowest BCUT2D eigenvalue weighted by molar-refractivity contribution is 0.112. The van der Waals surface area contributed by atoms with E-state index in [1.54, 1.807) is 0 Å². The Balaban J connectivity index is 2.23. The van der Waals surface area contributed by atoms with Crippen LogP contribution in [0.4, 0.5) is 0 Å². The van der Waals surface area contributed by atoms with Gasteiger partial charge in [0, 0.05) is 11.1 Å². The minimum atomic E-state index is 0.778. The highest BCUT2D eigenvalue weighted by atomic mass is 32.1. The van der Waals surface area contributed by atoms with Crippen LogP contribution in [0.15, 0.2) is 12.1 Å². The third-order valence-corrected chi connectivity index (χ3v) is 3.89. The van der Waals surface area contributed by atoms with Crippen LogP contribution in [0, 0.1) is 0 Å². The van der Waals surface area contributed by atoms with Crippen LogP contribution in [0.3, 0.4) is 0 Å². The molecule has 0 spiro atoms. The van der Waals surface area contributed by atoms with Gasteiger partial charge in [-0.3, -0.25) is 4.79 Å². The maximum Gasteiger partial charge on any atom is 0.160 e. The molecule has 15 heavy (non-hydrogen) atoms. The number of rotatable bonds is 1. The molecule has 0 bridgehead atoms. The summed E-state index contributed by atoms with van der Waals surface area (Å²) >= 11 is 1.49. The summed E-state index contributed by atoms with van der Waals surface area (Å²) in [6, 6.07) is 4.15. The van der Waals surface area contributed by atoms with Crippen molar-refractivity contribution in [3.63, 3.8) is 0 Å². The van der Waals surface area contributed by atoms with Crippen molar-refractivity contribution in [2.45, 2.75) is 25.7 Å². The zero-order valence-corrected chi connectivity index (χ0v) is 9.14. The maximum atomic E-state index is 10.7. The first-order chi connectivity index (χ1) is 7.36. The van der Waals surface area contributed by atoms with Crippen LogP contribution in [0.2, 0.25) is 0 Å². The molecule has 2 aromatic heterocycles. The van der Waals surface area contributed by atoms with E-state index in [0.717, 1.165) is 34.2 Å². The largest absolute Gasteiger partial charge is 0.297 e. The second kappa shape index (κ2) is 3.42. The van der Waals surface area contributed by atoms with Gasteiger partial charge in [-0.2, -0.15) is 0 Å². The molecule has 0 unspecified atom stereocenters. The van der Waals surface area contributed by atoms with Crippen molar-refractivity contribution in [2.75, 3.05) is 0 Å². The van der Waals surface area contributed by atoms with E-state index in [1.165, 1.54) is 35.4 Å². The van der Waals surface area contributed by atoms with E-state index in [9.17, 15) is 4.79 Å². The van der Waals surface area contributed by atoms with Gasteiger partial charge in [-0.05, 0) is 43.4 Å². The molecule has 0 atom stereocenters. The number of pyridine rings is 1. The molecular weight excluding hydrogens is 206 g/mol. The number of thiophene rings is 1. The molecule has 0 fully saturated rings. The lowest BCUT2D eigenvalue weighted by atomic mass is 9.96. The molecule has 3 heteroatoms. The quantitative estimate of drug-likeness (QED) is 0.687. The van der Waals surface area contributed by atoms with E-state index in [0.29, 0.717) is 0 Å². The highest BCUT2D eigenvalue weighted by Crippen LogP contribution is 2.28. The fourth-order valence-corrected chi connectivity index (χ4v) is 3.02. The van der Waals surface area contributed by atoms with Gasteiger partial charge in [-0.25, -0.2) is 4.98 Å². The second-order valence-electron chi connectivity index (χ2n) is 3.96. The standard InChI is InChI=1S/C12H11NOS/c14-7-10-6-9-5-8-3-1-2-4-11(8)13-12(9)15-10/h5-7H,1-4H2. The first-order valence-corrected chi connectivity index (χ1v) is 6.06. The van der Waals surface area contributed by atoms with E-state index < -0.39 is 0 Å². The van der Waals surface area contributed by atoms with Crippen LogP contribution in [-0.2, 0) is 12.8 Å². The summed E-state index contributed by atoms with van der Waals surface area (Å²) in [6.07, 6.45) is 5.66. The van der Waals surface area contributed by atoms with Crippen molar-refractivity contribution in [3.05, 3.63) is 28.3 Å². The molecule has 0 aliphatic heterocycles. The predicted molar refractivity (Wildman–Crippen MR) is 61.6 cm³/mol. The zero-order valence-electron chi connectivity index (χ0n) is 8.32. The van der Waals surface area contributed by atoms with E-state index >= 15 is 0 Å². The molecule has 1 aliphatic rings. The minimum Gasteiger partial charge on any atom is -0.297 e. The first kappa shape index (κ1) is 9.04. The number of carbonyl (C=O) groups is 1. The van der Waals surface area contributed by atoms with Gasteiger partial charge in [0.1, 0.15) is 4.83 Å². The van der Waals surface area contributed by atoms with Crippen molar-refractivity contribution in [3.8, 4) is 0 Å². The van der Waals surface area contributed by atoms with Crippen LogP contribution in [-0.4, -0.2) is 11.3 Å². The minimum absolute atomic E-state index is 0.778. The molecular formula is C12H11NOS. The van der Waals surface area contributed by atoms with E-state index in [1.807, 2.05) is 6.07 Å². The normalized spacial score (nSPS) is 15.2. The molecule has 2 aromatic rings. The average molecular weight is 217 g/mol. The molecule has 2 nitrogen and oxygen atoms in total. The molecule has 0 radical (unpaired) electrons. The third kappa shape index (κ3) is 1.47. The summed E-state index contributed by atoms with van der Waals surface area (Å²) < 4.78 is 0. The molecule has 1 aliphatic carbocycles. The summed E-state index contributed by atoms with van der Waals surface area (Å²) in [5, 5.41) is 1.13. The number of fused-ring (bicyclic) bond motifs is 2. The van der Waals surface area contributed by atoms with Crippen LogP contribution in [0.5, 0.6) is 0 Å². The van der Waals surface area contributed by atoms with Crippen LogP contribution in [0.25, 0.3) is 10.2 Å². The zero-order chi connectivity index (χ0) is 10.3. The Kier molecular flexibility index (Phi) is 2.06. The van der Waals surface area contributed by atoms with Gasteiger partial charge in [-0.1, -0.05) is 0 Å². The fourth-order valence-electron chi connectivity index (χ4n) is 2.17. The van der Waals surface area contributed by atoms with Gasteiger partial charge in [0.05, 0.1) is 4.88 Å². The van der Waals surface area contributed by atoms with Crippen molar-refractivity contribution in [1.82, 2.24) is 4.98 Å².